The number of rotatable bonds is 10. The number of hydrogen-bond acceptors (Lipinski definition) is 5. The molecule has 9 heteroatoms. The summed E-state index contributed by atoms with van der Waals surface area (Å²) >= 11 is 0. The summed E-state index contributed by atoms with van der Waals surface area (Å²) in [6.45, 7) is 0.353. The summed E-state index contributed by atoms with van der Waals surface area (Å²) in [6, 6.07) is 10.9. The number of carbonyl (C=O) groups is 3. The Hall–Kier alpha value is -3.46. The number of benzene rings is 1. The van der Waals surface area contributed by atoms with E-state index in [0.717, 1.165) is 5.56 Å². The van der Waals surface area contributed by atoms with E-state index in [4.69, 9.17) is 17.2 Å². The van der Waals surface area contributed by atoms with Crippen LogP contribution in [0.15, 0.2) is 53.7 Å². The largest absolute Gasteiger partial charge is 0.370 e. The minimum absolute atomic E-state index is 0.0279. The molecule has 0 aliphatic carbocycles. The maximum atomic E-state index is 12.7. The third-order valence-electron chi connectivity index (χ3n) is 4.28. The van der Waals surface area contributed by atoms with Gasteiger partial charge in [-0.25, -0.2) is 0 Å². The molecule has 1 aromatic carbocycles. The molecule has 0 aliphatic rings. The highest BCUT2D eigenvalue weighted by molar-refractivity contribution is 5.99. The number of aromatic nitrogens is 1. The lowest BCUT2D eigenvalue weighted by Crippen LogP contribution is -2.41. The molecule has 2 atom stereocenters. The Kier molecular flexibility index (Phi) is 8.11. The van der Waals surface area contributed by atoms with Gasteiger partial charge in [0.1, 0.15) is 12.0 Å². The number of carbonyl (C=O) groups excluding carboxylic acids is 3. The minimum atomic E-state index is -0.808. The summed E-state index contributed by atoms with van der Waals surface area (Å²) in [5.74, 6) is -0.964. The highest BCUT2D eigenvalue weighted by Gasteiger charge is 2.22. The topological polar surface area (TPSA) is 159 Å². The normalized spacial score (nSPS) is 12.6. The minimum Gasteiger partial charge on any atom is -0.370 e. The Balaban J connectivity index is 2.00. The van der Waals surface area contributed by atoms with Crippen molar-refractivity contribution in [1.29, 1.82) is 0 Å². The van der Waals surface area contributed by atoms with Crippen LogP contribution in [-0.2, 0) is 11.2 Å². The standard InChI is InChI=1S/C20H26N6O3/c21-16(12-14-6-2-1-3-7-14)19(29)26-11-5-9-17(26)18(28)25-15(13-27)8-4-10-24-20(22)23/h1-3,5-7,9,11,13,15-16H,4,8,10,12,21H2,(H,25,28)(H4,22,23,24). The molecule has 0 saturated heterocycles. The zero-order chi connectivity index (χ0) is 21.2. The van der Waals surface area contributed by atoms with E-state index in [9.17, 15) is 14.4 Å². The van der Waals surface area contributed by atoms with Crippen molar-refractivity contribution in [2.24, 2.45) is 22.2 Å². The Bertz CT molecular complexity index is 858. The van der Waals surface area contributed by atoms with Crippen molar-refractivity contribution >= 4 is 24.1 Å². The molecule has 2 unspecified atom stereocenters. The van der Waals surface area contributed by atoms with E-state index in [1.807, 2.05) is 30.3 Å². The third kappa shape index (κ3) is 6.58. The van der Waals surface area contributed by atoms with Gasteiger partial charge in [0.25, 0.3) is 5.91 Å². The van der Waals surface area contributed by atoms with E-state index in [1.54, 1.807) is 6.07 Å². The van der Waals surface area contributed by atoms with Crippen LogP contribution in [0.1, 0.15) is 33.7 Å². The number of aldehydes is 1. The molecule has 0 radical (unpaired) electrons. The maximum absolute atomic E-state index is 12.7. The molecular weight excluding hydrogens is 372 g/mol. The van der Waals surface area contributed by atoms with Crippen LogP contribution in [0.3, 0.4) is 0 Å². The average molecular weight is 398 g/mol. The van der Waals surface area contributed by atoms with Crippen LogP contribution in [0.25, 0.3) is 0 Å². The molecule has 1 heterocycles. The van der Waals surface area contributed by atoms with Crippen molar-refractivity contribution in [2.75, 3.05) is 6.54 Å². The Morgan fingerprint density at radius 3 is 2.52 bits per heavy atom. The molecule has 1 amide bonds. The van der Waals surface area contributed by atoms with E-state index in [1.165, 1.54) is 16.8 Å². The van der Waals surface area contributed by atoms with Gasteiger partial charge in [-0.1, -0.05) is 30.3 Å². The molecule has 0 aliphatic heterocycles. The number of nitrogens with two attached hydrogens (primary N) is 3. The van der Waals surface area contributed by atoms with Gasteiger partial charge in [0, 0.05) is 12.7 Å². The van der Waals surface area contributed by atoms with Crippen molar-refractivity contribution in [3.05, 3.63) is 59.9 Å². The van der Waals surface area contributed by atoms with Gasteiger partial charge in [0.2, 0.25) is 5.91 Å². The first-order valence-corrected chi connectivity index (χ1v) is 9.25. The molecule has 1 aromatic heterocycles. The molecule has 154 valence electrons. The van der Waals surface area contributed by atoms with Crippen molar-refractivity contribution in [2.45, 2.75) is 31.3 Å². The summed E-state index contributed by atoms with van der Waals surface area (Å²) < 4.78 is 1.21. The van der Waals surface area contributed by atoms with E-state index in [0.29, 0.717) is 32.1 Å². The van der Waals surface area contributed by atoms with Crippen molar-refractivity contribution < 1.29 is 14.4 Å². The van der Waals surface area contributed by atoms with Gasteiger partial charge in [0.05, 0.1) is 12.1 Å². The van der Waals surface area contributed by atoms with Gasteiger partial charge in [0.15, 0.2) is 5.96 Å². The summed E-state index contributed by atoms with van der Waals surface area (Å²) in [5.41, 5.74) is 17.6. The molecule has 9 nitrogen and oxygen atoms in total. The van der Waals surface area contributed by atoms with Crippen LogP contribution in [-0.4, -0.2) is 47.3 Å². The Labute approximate surface area is 169 Å². The molecule has 0 spiro atoms. The number of nitrogens with one attached hydrogen (secondary N) is 1. The van der Waals surface area contributed by atoms with Crippen molar-refractivity contribution in [3.8, 4) is 0 Å². The SMILES string of the molecule is NC(N)=NCCCC(C=O)NC(=O)c1cccn1C(=O)C(N)Cc1ccccc1. The monoisotopic (exact) mass is 398 g/mol. The molecule has 7 N–H and O–H groups in total. The number of amides is 1. The fourth-order valence-corrected chi connectivity index (χ4v) is 2.83. The number of guanidine groups is 1. The summed E-state index contributed by atoms with van der Waals surface area (Å²) in [5, 5.41) is 2.61. The van der Waals surface area contributed by atoms with Crippen LogP contribution in [0, 0.1) is 0 Å². The number of aliphatic imine (C=N–C) groups is 1. The van der Waals surface area contributed by atoms with E-state index in [-0.39, 0.29) is 11.7 Å². The van der Waals surface area contributed by atoms with Crippen molar-refractivity contribution in [1.82, 2.24) is 9.88 Å². The van der Waals surface area contributed by atoms with Crippen LogP contribution in [0.4, 0.5) is 0 Å². The van der Waals surface area contributed by atoms with Crippen LogP contribution in [0.2, 0.25) is 0 Å². The third-order valence-corrected chi connectivity index (χ3v) is 4.28. The molecule has 2 aromatic rings. The van der Waals surface area contributed by atoms with E-state index in [2.05, 4.69) is 10.3 Å². The fourth-order valence-electron chi connectivity index (χ4n) is 2.83. The lowest BCUT2D eigenvalue weighted by molar-refractivity contribution is -0.109. The van der Waals surface area contributed by atoms with Crippen LogP contribution >= 0.6 is 0 Å². The lowest BCUT2D eigenvalue weighted by atomic mass is 10.1. The average Bonchev–Trinajstić information content (AvgIpc) is 3.20. The molecule has 2 rings (SSSR count). The molecular formula is C20H26N6O3. The highest BCUT2D eigenvalue weighted by atomic mass is 16.2. The van der Waals surface area contributed by atoms with E-state index >= 15 is 0 Å². The molecule has 0 fully saturated rings. The fraction of sp³-hybridized carbons (Fsp3) is 0.300. The zero-order valence-electron chi connectivity index (χ0n) is 16.0. The van der Waals surface area contributed by atoms with Gasteiger partial charge >= 0.3 is 0 Å². The maximum Gasteiger partial charge on any atom is 0.268 e. The molecule has 29 heavy (non-hydrogen) atoms. The van der Waals surface area contributed by atoms with Gasteiger partial charge in [-0.2, -0.15) is 0 Å². The van der Waals surface area contributed by atoms with Gasteiger partial charge in [-0.3, -0.25) is 19.1 Å². The summed E-state index contributed by atoms with van der Waals surface area (Å²) in [4.78, 5) is 40.4. The summed E-state index contributed by atoms with van der Waals surface area (Å²) in [6.07, 6.45) is 3.36. The predicted octanol–water partition coefficient (Wildman–Crippen LogP) is 0.0492. The van der Waals surface area contributed by atoms with Gasteiger partial charge in [-0.15, -0.1) is 0 Å². The first-order chi connectivity index (χ1) is 13.9. The van der Waals surface area contributed by atoms with Crippen LogP contribution in [0.5, 0.6) is 0 Å². The molecule has 0 saturated carbocycles. The van der Waals surface area contributed by atoms with Crippen molar-refractivity contribution in [3.63, 3.8) is 0 Å². The van der Waals surface area contributed by atoms with Gasteiger partial charge in [-0.05, 0) is 37.0 Å². The second-order valence-electron chi connectivity index (χ2n) is 6.56. The number of nitrogens with zero attached hydrogens (tertiary/aromatic N) is 2. The zero-order valence-corrected chi connectivity index (χ0v) is 16.0. The smallest absolute Gasteiger partial charge is 0.268 e. The first kappa shape index (κ1) is 21.8. The first-order valence-electron chi connectivity index (χ1n) is 9.25. The quantitative estimate of drug-likeness (QED) is 0.191. The molecule has 0 bridgehead atoms. The van der Waals surface area contributed by atoms with E-state index < -0.39 is 23.9 Å². The highest BCUT2D eigenvalue weighted by Crippen LogP contribution is 2.08. The Morgan fingerprint density at radius 2 is 1.86 bits per heavy atom. The second-order valence-corrected chi connectivity index (χ2v) is 6.56. The Morgan fingerprint density at radius 1 is 1.14 bits per heavy atom. The van der Waals surface area contributed by atoms with Gasteiger partial charge < -0.3 is 27.3 Å². The summed E-state index contributed by atoms with van der Waals surface area (Å²) in [7, 11) is 0. The lowest BCUT2D eigenvalue weighted by Gasteiger charge is -2.16. The number of hydrogen-bond donors (Lipinski definition) is 4. The predicted molar refractivity (Wildman–Crippen MR) is 110 cm³/mol. The second kappa shape index (κ2) is 10.8. The van der Waals surface area contributed by atoms with Crippen LogP contribution < -0.4 is 22.5 Å².